The quantitative estimate of drug-likeness (QED) is 0.0634. The summed E-state index contributed by atoms with van der Waals surface area (Å²) >= 11 is 0. The summed E-state index contributed by atoms with van der Waals surface area (Å²) in [7, 11) is 0. The fraction of sp³-hybridized carbons (Fsp3) is 0.919. The molecule has 2 saturated heterocycles. The monoisotopic (exact) mass is 638 g/mol. The SMILES string of the molecule is CCCCCCCCCC[C@@H](O)[C@H]1CC[C@H]([C@H](O)CC[C@H](O)[C@@H]2CC[C@H](CCCCCCC[C@@H](O)CC3=C[C@H](C)OC3=O)O2)O1. The van der Waals surface area contributed by atoms with E-state index in [1.54, 1.807) is 6.08 Å². The van der Waals surface area contributed by atoms with Crippen LogP contribution in [0.1, 0.15) is 162 Å². The summed E-state index contributed by atoms with van der Waals surface area (Å²) in [6.45, 7) is 4.07. The number of unbranched alkanes of at least 4 members (excludes halogenated alkanes) is 11. The van der Waals surface area contributed by atoms with E-state index in [1.807, 2.05) is 6.92 Å². The molecule has 45 heavy (non-hydrogen) atoms. The van der Waals surface area contributed by atoms with E-state index in [9.17, 15) is 25.2 Å². The van der Waals surface area contributed by atoms with Crippen molar-refractivity contribution in [2.24, 2.45) is 0 Å². The van der Waals surface area contributed by atoms with Crippen molar-refractivity contribution in [1.82, 2.24) is 0 Å². The molecule has 0 bridgehead atoms. The molecule has 262 valence electrons. The summed E-state index contributed by atoms with van der Waals surface area (Å²) in [6, 6.07) is 0. The predicted molar refractivity (Wildman–Crippen MR) is 177 cm³/mol. The van der Waals surface area contributed by atoms with Crippen LogP contribution >= 0.6 is 0 Å². The van der Waals surface area contributed by atoms with Crippen LogP contribution in [0.15, 0.2) is 11.6 Å². The Hall–Kier alpha value is -1.03. The third-order valence-electron chi connectivity index (χ3n) is 10.1. The molecule has 0 amide bonds. The first-order chi connectivity index (χ1) is 21.8. The van der Waals surface area contributed by atoms with Crippen molar-refractivity contribution >= 4 is 5.97 Å². The first-order valence-electron chi connectivity index (χ1n) is 18.7. The summed E-state index contributed by atoms with van der Waals surface area (Å²) in [5.74, 6) is -0.295. The Kier molecular flexibility index (Phi) is 18.6. The molecular weight excluding hydrogens is 572 g/mol. The number of carbonyl (C=O) groups excluding carboxylic acids is 1. The maximum Gasteiger partial charge on any atom is 0.334 e. The molecule has 0 unspecified atom stereocenters. The van der Waals surface area contributed by atoms with Gasteiger partial charge in [0.05, 0.1) is 48.8 Å². The fourth-order valence-corrected chi connectivity index (χ4v) is 7.29. The lowest BCUT2D eigenvalue weighted by Crippen LogP contribution is -2.33. The van der Waals surface area contributed by atoms with Gasteiger partial charge < -0.3 is 34.6 Å². The molecule has 0 spiro atoms. The Labute approximate surface area is 273 Å². The third-order valence-corrected chi connectivity index (χ3v) is 10.1. The highest BCUT2D eigenvalue weighted by atomic mass is 16.5. The summed E-state index contributed by atoms with van der Waals surface area (Å²) in [4.78, 5) is 11.7. The molecule has 3 aliphatic rings. The summed E-state index contributed by atoms with van der Waals surface area (Å²) in [5, 5.41) is 42.4. The molecule has 3 rings (SSSR count). The van der Waals surface area contributed by atoms with Crippen LogP contribution < -0.4 is 0 Å². The van der Waals surface area contributed by atoms with E-state index >= 15 is 0 Å². The van der Waals surface area contributed by atoms with Crippen molar-refractivity contribution < 1.29 is 39.4 Å². The highest BCUT2D eigenvalue weighted by molar-refractivity contribution is 5.90. The number of hydrogen-bond acceptors (Lipinski definition) is 8. The van der Waals surface area contributed by atoms with Gasteiger partial charge in [0.15, 0.2) is 0 Å². The van der Waals surface area contributed by atoms with Gasteiger partial charge in [0.1, 0.15) is 6.10 Å². The van der Waals surface area contributed by atoms with Gasteiger partial charge in [0.2, 0.25) is 0 Å². The van der Waals surface area contributed by atoms with E-state index in [1.165, 1.54) is 38.5 Å². The lowest BCUT2D eigenvalue weighted by Gasteiger charge is -2.24. The van der Waals surface area contributed by atoms with Crippen LogP contribution in [0.4, 0.5) is 0 Å². The average Bonchev–Trinajstić information content (AvgIpc) is 3.77. The Morgan fingerprint density at radius 2 is 1.18 bits per heavy atom. The number of aliphatic hydroxyl groups excluding tert-OH is 4. The molecule has 0 aromatic heterocycles. The second-order valence-electron chi connectivity index (χ2n) is 14.2. The number of aliphatic hydroxyl groups is 4. The highest BCUT2D eigenvalue weighted by Gasteiger charge is 2.36. The van der Waals surface area contributed by atoms with Crippen LogP contribution in [0.25, 0.3) is 0 Å². The lowest BCUT2D eigenvalue weighted by molar-refractivity contribution is -0.139. The molecule has 0 saturated carbocycles. The zero-order valence-electron chi connectivity index (χ0n) is 28.5. The number of carbonyl (C=O) groups is 1. The Bertz CT molecular complexity index is 833. The molecule has 0 radical (unpaired) electrons. The second kappa shape index (κ2) is 21.8. The molecule has 9 atom stereocenters. The standard InChI is InChI=1S/C37H66O8/c1-3-4-5-6-7-8-12-15-18-31(39)35-23-24-36(45-35)33(41)21-20-32(40)34-22-19-30(44-34)17-14-11-9-10-13-16-29(38)26-28-25-27(2)43-37(28)42/h25,27,29-36,38-41H,3-24,26H2,1-2H3/t27-,29+,30-,31+,32-,33+,34-,35+,36+/m0/s1. The van der Waals surface area contributed by atoms with Gasteiger partial charge in [-0.15, -0.1) is 0 Å². The number of cyclic esters (lactones) is 1. The zero-order chi connectivity index (χ0) is 32.4. The van der Waals surface area contributed by atoms with Crippen LogP contribution in [-0.4, -0.2) is 81.3 Å². The average molecular weight is 639 g/mol. The minimum absolute atomic E-state index is 0.162. The maximum absolute atomic E-state index is 11.7. The molecule has 8 nitrogen and oxygen atoms in total. The molecule has 0 aromatic carbocycles. The maximum atomic E-state index is 11.7. The number of ether oxygens (including phenoxy) is 3. The minimum Gasteiger partial charge on any atom is -0.455 e. The fourth-order valence-electron chi connectivity index (χ4n) is 7.29. The zero-order valence-corrected chi connectivity index (χ0v) is 28.5. The van der Waals surface area contributed by atoms with E-state index in [-0.39, 0.29) is 36.5 Å². The van der Waals surface area contributed by atoms with Gasteiger partial charge in [0, 0.05) is 12.0 Å². The van der Waals surface area contributed by atoms with Crippen LogP contribution in [0, 0.1) is 0 Å². The molecule has 0 aliphatic carbocycles. The first kappa shape index (κ1) is 38.4. The van der Waals surface area contributed by atoms with Crippen LogP contribution in [0.5, 0.6) is 0 Å². The van der Waals surface area contributed by atoms with E-state index in [0.717, 1.165) is 83.5 Å². The van der Waals surface area contributed by atoms with Gasteiger partial charge >= 0.3 is 5.97 Å². The van der Waals surface area contributed by atoms with E-state index < -0.39 is 24.4 Å². The number of hydrogen-bond donors (Lipinski definition) is 4. The van der Waals surface area contributed by atoms with E-state index in [0.29, 0.717) is 31.3 Å². The summed E-state index contributed by atoms with van der Waals surface area (Å²) in [6.07, 6.45) is 21.6. The van der Waals surface area contributed by atoms with Gasteiger partial charge in [-0.1, -0.05) is 90.4 Å². The van der Waals surface area contributed by atoms with Crippen molar-refractivity contribution in [1.29, 1.82) is 0 Å². The van der Waals surface area contributed by atoms with Gasteiger partial charge in [-0.3, -0.25) is 0 Å². The van der Waals surface area contributed by atoms with Crippen LogP contribution in [0.2, 0.25) is 0 Å². The van der Waals surface area contributed by atoms with Gasteiger partial charge in [-0.2, -0.15) is 0 Å². The molecular formula is C37H66O8. The first-order valence-corrected chi connectivity index (χ1v) is 18.7. The second-order valence-corrected chi connectivity index (χ2v) is 14.2. The third kappa shape index (κ3) is 14.7. The smallest absolute Gasteiger partial charge is 0.334 e. The molecule has 3 aliphatic heterocycles. The van der Waals surface area contributed by atoms with Crippen molar-refractivity contribution in [2.45, 2.75) is 216 Å². The molecule has 2 fully saturated rings. The Balaban J connectivity index is 1.16. The Morgan fingerprint density at radius 1 is 0.667 bits per heavy atom. The van der Waals surface area contributed by atoms with Gasteiger partial charge in [-0.05, 0) is 70.8 Å². The topological polar surface area (TPSA) is 126 Å². The summed E-state index contributed by atoms with van der Waals surface area (Å²) in [5.41, 5.74) is 0.600. The molecule has 4 N–H and O–H groups in total. The largest absolute Gasteiger partial charge is 0.455 e. The van der Waals surface area contributed by atoms with Gasteiger partial charge in [-0.25, -0.2) is 4.79 Å². The highest BCUT2D eigenvalue weighted by Crippen LogP contribution is 2.31. The van der Waals surface area contributed by atoms with Crippen molar-refractivity contribution in [2.75, 3.05) is 0 Å². The predicted octanol–water partition coefficient (Wildman–Crippen LogP) is 6.83. The van der Waals surface area contributed by atoms with E-state index in [2.05, 4.69) is 6.92 Å². The summed E-state index contributed by atoms with van der Waals surface area (Å²) < 4.78 is 17.3. The normalized spacial score (nSPS) is 27.8. The Morgan fingerprint density at radius 3 is 1.78 bits per heavy atom. The minimum atomic E-state index is -0.627. The number of esters is 1. The van der Waals surface area contributed by atoms with Crippen molar-refractivity contribution in [3.63, 3.8) is 0 Å². The van der Waals surface area contributed by atoms with Crippen molar-refractivity contribution in [3.05, 3.63) is 11.6 Å². The van der Waals surface area contributed by atoms with Crippen LogP contribution in [0.3, 0.4) is 0 Å². The van der Waals surface area contributed by atoms with Crippen molar-refractivity contribution in [3.8, 4) is 0 Å². The molecule has 3 heterocycles. The number of rotatable bonds is 25. The molecule has 0 aromatic rings. The van der Waals surface area contributed by atoms with Gasteiger partial charge in [0.25, 0.3) is 0 Å². The van der Waals surface area contributed by atoms with Crippen LogP contribution in [-0.2, 0) is 19.0 Å². The molecule has 8 heteroatoms. The lowest BCUT2D eigenvalue weighted by atomic mass is 9.98. The van der Waals surface area contributed by atoms with E-state index in [4.69, 9.17) is 14.2 Å².